The van der Waals surface area contributed by atoms with Gasteiger partial charge in [-0.15, -0.1) is 0 Å². The normalized spacial score (nSPS) is 18.7. The molecule has 2 aliphatic heterocycles. The maximum absolute atomic E-state index is 12.1. The van der Waals surface area contributed by atoms with Crippen molar-refractivity contribution in [2.45, 2.75) is 38.7 Å². The summed E-state index contributed by atoms with van der Waals surface area (Å²) in [5.74, 6) is 0.684. The third kappa shape index (κ3) is 5.10. The molecule has 0 bridgehead atoms. The van der Waals surface area contributed by atoms with Gasteiger partial charge in [-0.1, -0.05) is 24.3 Å². The minimum atomic E-state index is -1.68. The first-order valence-corrected chi connectivity index (χ1v) is 13.1. The Hall–Kier alpha value is -3.69. The van der Waals surface area contributed by atoms with Gasteiger partial charge in [-0.05, 0) is 44.5 Å². The Labute approximate surface area is 217 Å². The number of aromatic nitrogens is 1. The summed E-state index contributed by atoms with van der Waals surface area (Å²) in [4.78, 5) is 16.4. The average Bonchev–Trinajstić information content (AvgIpc) is 3.41. The van der Waals surface area contributed by atoms with Gasteiger partial charge in [-0.2, -0.15) is 0 Å². The molecule has 0 aliphatic carbocycles. The van der Waals surface area contributed by atoms with E-state index in [-0.39, 0.29) is 16.6 Å². The van der Waals surface area contributed by atoms with Gasteiger partial charge in [0.25, 0.3) is 5.91 Å². The molecule has 37 heavy (non-hydrogen) atoms. The number of pyridine rings is 1. The number of phenolic OH excluding ortho intramolecular Hbond substituents is 1. The summed E-state index contributed by atoms with van der Waals surface area (Å²) in [6.45, 7) is 6.18. The Kier molecular flexibility index (Phi) is 6.51. The van der Waals surface area contributed by atoms with Gasteiger partial charge in [0.1, 0.15) is 11.5 Å². The van der Waals surface area contributed by atoms with Crippen molar-refractivity contribution in [1.82, 2.24) is 9.71 Å². The molecule has 3 heterocycles. The number of rotatable bonds is 7. The molecule has 0 spiro atoms. The number of hydrogen-bond donors (Lipinski definition) is 3. The predicted octanol–water partition coefficient (Wildman–Crippen LogP) is 3.96. The van der Waals surface area contributed by atoms with Crippen LogP contribution in [0.3, 0.4) is 0 Å². The minimum absolute atomic E-state index is 0.0431. The summed E-state index contributed by atoms with van der Waals surface area (Å²) < 4.78 is 26.3. The van der Waals surface area contributed by atoms with Crippen LogP contribution in [0.1, 0.15) is 48.6 Å². The molecule has 2 aromatic carbocycles. The van der Waals surface area contributed by atoms with Crippen LogP contribution >= 0.6 is 0 Å². The molecule has 0 saturated carbocycles. The zero-order chi connectivity index (χ0) is 26.3. The molecule has 2 unspecified atom stereocenters. The first kappa shape index (κ1) is 25.0. The maximum atomic E-state index is 12.1. The highest BCUT2D eigenvalue weighted by Gasteiger charge is 2.30. The van der Waals surface area contributed by atoms with Crippen molar-refractivity contribution in [3.63, 3.8) is 0 Å². The summed E-state index contributed by atoms with van der Waals surface area (Å²) in [5, 5.41) is 20.6. The fraction of sp³-hybridized carbons (Fsp3) is 0.286. The first-order chi connectivity index (χ1) is 17.6. The van der Waals surface area contributed by atoms with Crippen molar-refractivity contribution in [2.75, 3.05) is 13.2 Å². The van der Waals surface area contributed by atoms with Gasteiger partial charge in [0.2, 0.25) is 5.88 Å². The number of nitrogens with zero attached hydrogens (tertiary/aromatic N) is 1. The number of fused-ring (bicyclic) bond motifs is 1. The second kappa shape index (κ2) is 9.64. The average molecular weight is 521 g/mol. The molecular weight excluding hydrogens is 492 g/mol. The number of carbonyl (C=O) groups is 1. The van der Waals surface area contributed by atoms with Crippen molar-refractivity contribution in [3.05, 3.63) is 77.0 Å². The van der Waals surface area contributed by atoms with E-state index in [1.165, 1.54) is 6.08 Å². The standard InChI is InChI=1S/C28H28N2O6S/c1-16-18(9-10-26(29-16)35-12-11-28(2,3)33)19-5-4-6-20-22(15-36-27(19)20)17-7-8-21(23(31)13-17)24-14-25(32)30-37(24)34/h4-10,13-14,22,31,33H,11-12,15H2,1-3H3,(H,30,32). The number of amides is 1. The summed E-state index contributed by atoms with van der Waals surface area (Å²) in [7, 11) is -1.68. The fourth-order valence-electron chi connectivity index (χ4n) is 4.54. The highest BCUT2D eigenvalue weighted by atomic mass is 32.2. The molecule has 8 nitrogen and oxygen atoms in total. The van der Waals surface area contributed by atoms with E-state index in [4.69, 9.17) is 9.47 Å². The Balaban J connectivity index is 1.40. The summed E-state index contributed by atoms with van der Waals surface area (Å²) >= 11 is 0. The van der Waals surface area contributed by atoms with Gasteiger partial charge in [0, 0.05) is 52.4 Å². The Bertz CT molecular complexity index is 1440. The lowest BCUT2D eigenvalue weighted by atomic mass is 9.90. The lowest BCUT2D eigenvalue weighted by molar-refractivity contribution is -0.114. The molecule has 2 atom stereocenters. The molecule has 0 fully saturated rings. The van der Waals surface area contributed by atoms with E-state index in [2.05, 4.69) is 9.71 Å². The summed E-state index contributed by atoms with van der Waals surface area (Å²) in [6.07, 6.45) is 1.74. The lowest BCUT2D eigenvalue weighted by Crippen LogP contribution is -2.22. The van der Waals surface area contributed by atoms with E-state index in [1.807, 2.05) is 43.3 Å². The van der Waals surface area contributed by atoms with Crippen LogP contribution in [-0.2, 0) is 15.8 Å². The number of benzene rings is 2. The highest BCUT2D eigenvalue weighted by Crippen LogP contribution is 2.46. The molecule has 2 aliphatic rings. The monoisotopic (exact) mass is 520 g/mol. The molecule has 0 saturated heterocycles. The van der Waals surface area contributed by atoms with Crippen LogP contribution in [0.2, 0.25) is 0 Å². The van der Waals surface area contributed by atoms with E-state index >= 15 is 0 Å². The highest BCUT2D eigenvalue weighted by molar-refractivity contribution is 7.94. The van der Waals surface area contributed by atoms with Gasteiger partial charge in [-0.25, -0.2) is 9.19 Å². The quantitative estimate of drug-likeness (QED) is 0.432. The van der Waals surface area contributed by atoms with Crippen molar-refractivity contribution in [2.24, 2.45) is 0 Å². The second-order valence-corrected chi connectivity index (χ2v) is 11.0. The van der Waals surface area contributed by atoms with Crippen molar-refractivity contribution < 1.29 is 28.7 Å². The fourth-order valence-corrected chi connectivity index (χ4v) is 5.48. The van der Waals surface area contributed by atoms with Crippen molar-refractivity contribution in [3.8, 4) is 28.5 Å². The van der Waals surface area contributed by atoms with Crippen LogP contribution in [0.15, 0.2) is 54.6 Å². The summed E-state index contributed by atoms with van der Waals surface area (Å²) in [5.41, 5.74) is 4.06. The molecule has 9 heteroatoms. The minimum Gasteiger partial charge on any atom is -0.507 e. The molecule has 3 aromatic rings. The van der Waals surface area contributed by atoms with Gasteiger partial charge in [0.05, 0.1) is 23.7 Å². The molecule has 3 N–H and O–H groups in total. The number of aromatic hydroxyl groups is 1. The van der Waals surface area contributed by atoms with Crippen molar-refractivity contribution in [1.29, 1.82) is 0 Å². The number of hydrogen-bond acceptors (Lipinski definition) is 7. The van der Waals surface area contributed by atoms with E-state index in [9.17, 15) is 19.2 Å². The number of ether oxygens (including phenoxy) is 2. The van der Waals surface area contributed by atoms with Crippen LogP contribution < -0.4 is 14.2 Å². The van der Waals surface area contributed by atoms with Gasteiger partial charge in [-0.3, -0.25) is 9.52 Å². The topological polar surface area (TPSA) is 118 Å². The number of aliphatic hydroxyl groups is 1. The maximum Gasteiger partial charge on any atom is 0.257 e. The van der Waals surface area contributed by atoms with Crippen LogP contribution in [0, 0.1) is 6.92 Å². The molecule has 5 rings (SSSR count). The number of nitrogens with one attached hydrogen (secondary N) is 1. The Morgan fingerprint density at radius 2 is 1.95 bits per heavy atom. The predicted molar refractivity (Wildman–Crippen MR) is 141 cm³/mol. The second-order valence-electron chi connectivity index (χ2n) is 9.80. The number of aryl methyl sites for hydroxylation is 1. The van der Waals surface area contributed by atoms with Crippen LogP contribution in [0.4, 0.5) is 0 Å². The number of carbonyl (C=O) groups excluding carboxylic acids is 1. The van der Waals surface area contributed by atoms with Gasteiger partial charge in [0.15, 0.2) is 11.0 Å². The first-order valence-electron chi connectivity index (χ1n) is 12.0. The number of para-hydroxylation sites is 1. The third-order valence-corrected chi connectivity index (χ3v) is 7.60. The SMILES string of the molecule is Cc1nc(OCCC(C)(C)O)ccc1-c1cccc2c1OCC2c1ccc(C2=CC(=O)NS2=O)c(O)c1. The molecule has 192 valence electrons. The van der Waals surface area contributed by atoms with Gasteiger partial charge >= 0.3 is 0 Å². The number of phenols is 1. The van der Waals surface area contributed by atoms with Crippen LogP contribution in [0.25, 0.3) is 16.0 Å². The third-order valence-electron chi connectivity index (χ3n) is 6.47. The summed E-state index contributed by atoms with van der Waals surface area (Å²) in [6, 6.07) is 14.9. The van der Waals surface area contributed by atoms with Gasteiger partial charge < -0.3 is 19.7 Å². The Morgan fingerprint density at radius 3 is 2.62 bits per heavy atom. The zero-order valence-corrected chi connectivity index (χ0v) is 21.6. The van der Waals surface area contributed by atoms with E-state index in [0.29, 0.717) is 31.1 Å². The molecule has 1 amide bonds. The lowest BCUT2D eigenvalue weighted by Gasteiger charge is -2.17. The Morgan fingerprint density at radius 1 is 1.16 bits per heavy atom. The molecular formula is C28H28N2O6S. The molecule has 1 aromatic heterocycles. The van der Waals surface area contributed by atoms with E-state index < -0.39 is 22.5 Å². The molecule has 0 radical (unpaired) electrons. The van der Waals surface area contributed by atoms with Crippen LogP contribution in [-0.4, -0.2) is 44.1 Å². The van der Waals surface area contributed by atoms with Crippen molar-refractivity contribution >= 4 is 21.8 Å². The largest absolute Gasteiger partial charge is 0.507 e. The zero-order valence-electron chi connectivity index (χ0n) is 20.8. The van der Waals surface area contributed by atoms with Crippen LogP contribution in [0.5, 0.6) is 17.4 Å². The smallest absolute Gasteiger partial charge is 0.257 e. The van der Waals surface area contributed by atoms with E-state index in [1.54, 1.807) is 26.0 Å². The van der Waals surface area contributed by atoms with E-state index in [0.717, 1.165) is 33.7 Å².